The molecule has 0 amide bonds. The van der Waals surface area contributed by atoms with Crippen LogP contribution < -0.4 is 0 Å². The van der Waals surface area contributed by atoms with Crippen LogP contribution in [-0.2, 0) is 14.3 Å². The molecule has 0 spiro atoms. The molecule has 0 bridgehead atoms. The molecular weight excluding hydrogens is 204 g/mol. The van der Waals surface area contributed by atoms with Gasteiger partial charge in [-0.05, 0) is 13.3 Å². The predicted octanol–water partition coefficient (Wildman–Crippen LogP) is 3.44. The Morgan fingerprint density at radius 3 is 2.44 bits per heavy atom. The van der Waals surface area contributed by atoms with Gasteiger partial charge in [-0.25, -0.2) is 4.79 Å². The molecule has 0 heterocycles. The molecule has 0 rings (SSSR count). The van der Waals surface area contributed by atoms with Crippen molar-refractivity contribution in [3.63, 3.8) is 0 Å². The fraction of sp³-hybridized carbons (Fsp3) is 0.769. The Hall–Kier alpha value is -0.830. The zero-order chi connectivity index (χ0) is 12.4. The third-order valence-corrected chi connectivity index (χ3v) is 2.16. The highest BCUT2D eigenvalue weighted by Crippen LogP contribution is 2.08. The molecular formula is C13H24O3. The van der Waals surface area contributed by atoms with E-state index in [-0.39, 0.29) is 5.97 Å². The molecule has 0 aliphatic carbocycles. The summed E-state index contributed by atoms with van der Waals surface area (Å²) in [5, 5.41) is 0. The number of rotatable bonds is 9. The minimum atomic E-state index is -0.411. The number of hydrogen-bond donors (Lipinski definition) is 0. The summed E-state index contributed by atoms with van der Waals surface area (Å²) in [6.07, 6.45) is 4.58. The van der Waals surface area contributed by atoms with Gasteiger partial charge in [0.1, 0.15) is 0 Å². The number of ether oxygens (including phenoxy) is 2. The minimum Gasteiger partial charge on any atom is -0.432 e. The molecule has 0 aromatic rings. The van der Waals surface area contributed by atoms with Crippen molar-refractivity contribution in [2.24, 2.45) is 0 Å². The van der Waals surface area contributed by atoms with E-state index in [4.69, 9.17) is 9.47 Å². The average Bonchev–Trinajstić information content (AvgIpc) is 2.24. The Morgan fingerprint density at radius 1 is 1.25 bits per heavy atom. The molecule has 0 aliphatic heterocycles. The van der Waals surface area contributed by atoms with E-state index in [0.29, 0.717) is 12.2 Å². The molecule has 3 nitrogen and oxygen atoms in total. The van der Waals surface area contributed by atoms with Gasteiger partial charge in [-0.15, -0.1) is 0 Å². The Bertz CT molecular complexity index is 211. The minimum absolute atomic E-state index is 0.367. The Kier molecular flexibility index (Phi) is 8.91. The first-order valence-corrected chi connectivity index (χ1v) is 6.09. The van der Waals surface area contributed by atoms with Crippen LogP contribution in [0.2, 0.25) is 0 Å². The first-order chi connectivity index (χ1) is 7.61. The molecule has 0 saturated heterocycles. The quantitative estimate of drug-likeness (QED) is 0.262. The molecule has 3 heteroatoms. The summed E-state index contributed by atoms with van der Waals surface area (Å²) in [6.45, 7) is 10.0. The van der Waals surface area contributed by atoms with Crippen molar-refractivity contribution in [2.75, 3.05) is 6.61 Å². The lowest BCUT2D eigenvalue weighted by Crippen LogP contribution is -2.22. The zero-order valence-corrected chi connectivity index (χ0v) is 10.8. The molecule has 16 heavy (non-hydrogen) atoms. The molecule has 0 saturated carbocycles. The lowest BCUT2D eigenvalue weighted by Gasteiger charge is -2.17. The van der Waals surface area contributed by atoms with Crippen LogP contribution in [0.3, 0.4) is 0 Å². The molecule has 94 valence electrons. The molecule has 0 aromatic carbocycles. The van der Waals surface area contributed by atoms with E-state index < -0.39 is 6.29 Å². The second kappa shape index (κ2) is 9.40. The molecule has 0 radical (unpaired) electrons. The van der Waals surface area contributed by atoms with Gasteiger partial charge < -0.3 is 9.47 Å². The smallest absolute Gasteiger partial charge is 0.335 e. The predicted molar refractivity (Wildman–Crippen MR) is 65.1 cm³/mol. The summed E-state index contributed by atoms with van der Waals surface area (Å²) < 4.78 is 10.7. The molecule has 1 atom stereocenters. The van der Waals surface area contributed by atoms with E-state index in [1.165, 1.54) is 0 Å². The number of esters is 1. The molecule has 0 aromatic heterocycles. The van der Waals surface area contributed by atoms with Crippen molar-refractivity contribution in [3.05, 3.63) is 12.2 Å². The summed E-state index contributed by atoms with van der Waals surface area (Å²) in [6, 6.07) is 0. The average molecular weight is 228 g/mol. The summed E-state index contributed by atoms with van der Waals surface area (Å²) in [4.78, 5) is 11.3. The van der Waals surface area contributed by atoms with E-state index in [2.05, 4.69) is 13.5 Å². The van der Waals surface area contributed by atoms with Crippen LogP contribution in [0.4, 0.5) is 0 Å². The van der Waals surface area contributed by atoms with E-state index >= 15 is 0 Å². The fourth-order valence-corrected chi connectivity index (χ4v) is 1.20. The van der Waals surface area contributed by atoms with Crippen molar-refractivity contribution < 1.29 is 14.3 Å². The number of carbonyl (C=O) groups excluding carboxylic acids is 1. The van der Waals surface area contributed by atoms with E-state index in [0.717, 1.165) is 32.1 Å². The maximum Gasteiger partial charge on any atom is 0.335 e. The Balaban J connectivity index is 3.87. The summed E-state index contributed by atoms with van der Waals surface area (Å²) >= 11 is 0. The molecule has 0 fully saturated rings. The van der Waals surface area contributed by atoms with E-state index in [9.17, 15) is 4.79 Å². The second-order valence-electron chi connectivity index (χ2n) is 3.98. The fourth-order valence-electron chi connectivity index (χ4n) is 1.20. The summed E-state index contributed by atoms with van der Waals surface area (Å²) in [5.74, 6) is -0.367. The van der Waals surface area contributed by atoms with Gasteiger partial charge in [0.2, 0.25) is 6.29 Å². The summed E-state index contributed by atoms with van der Waals surface area (Å²) in [5.41, 5.74) is 0.415. The van der Waals surface area contributed by atoms with Gasteiger partial charge in [-0.3, -0.25) is 0 Å². The monoisotopic (exact) mass is 228 g/mol. The standard InChI is InChI=1S/C13H24O3/c1-5-7-8-10-15-12(9-6-2)16-13(14)11(3)4/h12H,3,5-10H2,1-2,4H3. The number of unbranched alkanes of at least 4 members (excludes halogenated alkanes) is 2. The second-order valence-corrected chi connectivity index (χ2v) is 3.98. The number of carbonyl (C=O) groups is 1. The van der Waals surface area contributed by atoms with Crippen molar-refractivity contribution >= 4 is 5.97 Å². The van der Waals surface area contributed by atoms with Gasteiger partial charge in [0, 0.05) is 12.0 Å². The Labute approximate surface area is 98.8 Å². The van der Waals surface area contributed by atoms with Crippen LogP contribution in [0.1, 0.15) is 52.9 Å². The lowest BCUT2D eigenvalue weighted by molar-refractivity contribution is -0.175. The van der Waals surface area contributed by atoms with Crippen LogP contribution in [-0.4, -0.2) is 18.9 Å². The molecule has 0 aliphatic rings. The largest absolute Gasteiger partial charge is 0.432 e. The first kappa shape index (κ1) is 15.2. The van der Waals surface area contributed by atoms with Crippen LogP contribution >= 0.6 is 0 Å². The molecule has 0 N–H and O–H groups in total. The van der Waals surface area contributed by atoms with Gasteiger partial charge in [-0.1, -0.05) is 39.7 Å². The van der Waals surface area contributed by atoms with Crippen molar-refractivity contribution in [1.82, 2.24) is 0 Å². The lowest BCUT2D eigenvalue weighted by atomic mass is 10.3. The zero-order valence-electron chi connectivity index (χ0n) is 10.8. The van der Waals surface area contributed by atoms with Crippen molar-refractivity contribution in [2.45, 2.75) is 59.2 Å². The van der Waals surface area contributed by atoms with Crippen LogP contribution in [0.15, 0.2) is 12.2 Å². The van der Waals surface area contributed by atoms with Crippen LogP contribution in [0.5, 0.6) is 0 Å². The maximum atomic E-state index is 11.3. The van der Waals surface area contributed by atoms with Crippen LogP contribution in [0.25, 0.3) is 0 Å². The highest BCUT2D eigenvalue weighted by atomic mass is 16.7. The maximum absolute atomic E-state index is 11.3. The first-order valence-electron chi connectivity index (χ1n) is 6.09. The Morgan fingerprint density at radius 2 is 1.94 bits per heavy atom. The molecule has 1 unspecified atom stereocenters. The third-order valence-electron chi connectivity index (χ3n) is 2.16. The summed E-state index contributed by atoms with van der Waals surface area (Å²) in [7, 11) is 0. The van der Waals surface area contributed by atoms with Gasteiger partial charge in [0.05, 0.1) is 6.61 Å². The van der Waals surface area contributed by atoms with E-state index in [1.807, 2.05) is 6.92 Å². The van der Waals surface area contributed by atoms with Gasteiger partial charge in [0.25, 0.3) is 0 Å². The highest BCUT2D eigenvalue weighted by Gasteiger charge is 2.13. The normalized spacial score (nSPS) is 12.2. The van der Waals surface area contributed by atoms with Gasteiger partial charge in [-0.2, -0.15) is 0 Å². The number of hydrogen-bond acceptors (Lipinski definition) is 3. The van der Waals surface area contributed by atoms with Gasteiger partial charge >= 0.3 is 5.97 Å². The SMILES string of the molecule is C=C(C)C(=O)OC(CCC)OCCCCC. The van der Waals surface area contributed by atoms with E-state index in [1.54, 1.807) is 6.92 Å². The topological polar surface area (TPSA) is 35.5 Å². The highest BCUT2D eigenvalue weighted by molar-refractivity contribution is 5.86. The van der Waals surface area contributed by atoms with Crippen LogP contribution in [0, 0.1) is 0 Å². The third kappa shape index (κ3) is 7.46. The van der Waals surface area contributed by atoms with Gasteiger partial charge in [0.15, 0.2) is 0 Å². The van der Waals surface area contributed by atoms with Crippen molar-refractivity contribution in [1.29, 1.82) is 0 Å². The van der Waals surface area contributed by atoms with Crippen molar-refractivity contribution in [3.8, 4) is 0 Å².